The minimum absolute atomic E-state index is 0.122. The van der Waals surface area contributed by atoms with Crippen molar-refractivity contribution in [2.24, 2.45) is 0 Å². The third-order valence-corrected chi connectivity index (χ3v) is 6.16. The molecule has 2 rings (SSSR count). The molecule has 0 radical (unpaired) electrons. The highest BCUT2D eigenvalue weighted by atomic mass is 35.5. The molecule has 1 saturated carbocycles. The molecule has 1 aromatic rings. The Labute approximate surface area is 136 Å². The number of nitrogens with zero attached hydrogens (tertiary/aromatic N) is 1. The molecule has 1 fully saturated rings. The van der Waals surface area contributed by atoms with Crippen molar-refractivity contribution >= 4 is 33.2 Å². The van der Waals surface area contributed by atoms with Crippen molar-refractivity contribution in [1.29, 1.82) is 0 Å². The van der Waals surface area contributed by atoms with Gasteiger partial charge in [-0.2, -0.15) is 0 Å². The maximum Gasteiger partial charge on any atom is 0.244 e. The van der Waals surface area contributed by atoms with Crippen LogP contribution in [0.3, 0.4) is 0 Å². The van der Waals surface area contributed by atoms with Crippen LogP contribution in [0.4, 0.5) is 0 Å². The summed E-state index contributed by atoms with van der Waals surface area (Å²) in [6.07, 6.45) is 3.07. The first-order valence-electron chi connectivity index (χ1n) is 7.04. The zero-order chi connectivity index (χ0) is 15.6. The van der Waals surface area contributed by atoms with Crippen molar-refractivity contribution in [3.8, 4) is 0 Å². The largest absolute Gasteiger partial charge is 0.310 e. The zero-order valence-corrected chi connectivity index (χ0v) is 14.5. The Morgan fingerprint density at radius 1 is 1.29 bits per heavy atom. The van der Waals surface area contributed by atoms with Gasteiger partial charge in [0.1, 0.15) is 4.90 Å². The second-order valence-corrected chi connectivity index (χ2v) is 8.18. The number of sulfonamides is 1. The van der Waals surface area contributed by atoms with Crippen LogP contribution in [0.25, 0.3) is 0 Å². The molecule has 4 nitrogen and oxygen atoms in total. The molecule has 118 valence electrons. The van der Waals surface area contributed by atoms with E-state index in [1.807, 2.05) is 6.92 Å². The van der Waals surface area contributed by atoms with E-state index < -0.39 is 10.0 Å². The van der Waals surface area contributed by atoms with E-state index >= 15 is 0 Å². The Morgan fingerprint density at radius 3 is 2.52 bits per heavy atom. The van der Waals surface area contributed by atoms with Gasteiger partial charge in [0.2, 0.25) is 10.0 Å². The van der Waals surface area contributed by atoms with Gasteiger partial charge >= 0.3 is 0 Å². The summed E-state index contributed by atoms with van der Waals surface area (Å²) in [5.41, 5.74) is 0.761. The molecule has 0 saturated heterocycles. The minimum Gasteiger partial charge on any atom is -0.310 e. The van der Waals surface area contributed by atoms with Gasteiger partial charge < -0.3 is 5.32 Å². The molecule has 0 atom stereocenters. The maximum atomic E-state index is 12.5. The quantitative estimate of drug-likeness (QED) is 0.820. The van der Waals surface area contributed by atoms with Crippen molar-refractivity contribution in [3.63, 3.8) is 0 Å². The molecule has 7 heteroatoms. The third-order valence-electron chi connectivity index (χ3n) is 3.49. The molecule has 0 amide bonds. The van der Waals surface area contributed by atoms with E-state index in [1.54, 1.807) is 13.1 Å². The summed E-state index contributed by atoms with van der Waals surface area (Å²) >= 11 is 12.3. The average molecular weight is 351 g/mol. The van der Waals surface area contributed by atoms with Crippen LogP contribution in [0, 0.1) is 0 Å². The zero-order valence-electron chi connectivity index (χ0n) is 12.2. The SMILES string of the molecule is CCCN(C)S(=O)(=O)c1cc(CNC2CC2)c(Cl)cc1Cl. The van der Waals surface area contributed by atoms with Crippen LogP contribution in [0.5, 0.6) is 0 Å². The number of nitrogens with one attached hydrogen (secondary N) is 1. The molecule has 1 aliphatic rings. The molecule has 21 heavy (non-hydrogen) atoms. The molecule has 0 aromatic heterocycles. The summed E-state index contributed by atoms with van der Waals surface area (Å²) in [4.78, 5) is 0.122. The van der Waals surface area contributed by atoms with Crippen LogP contribution in [-0.4, -0.2) is 32.4 Å². The van der Waals surface area contributed by atoms with E-state index in [4.69, 9.17) is 23.2 Å². The van der Waals surface area contributed by atoms with Gasteiger partial charge in [0.05, 0.1) is 5.02 Å². The van der Waals surface area contributed by atoms with E-state index in [0.29, 0.717) is 24.2 Å². The topological polar surface area (TPSA) is 49.4 Å². The minimum atomic E-state index is -3.58. The van der Waals surface area contributed by atoms with Gasteiger partial charge in [0.25, 0.3) is 0 Å². The van der Waals surface area contributed by atoms with Crippen LogP contribution in [0.1, 0.15) is 31.7 Å². The van der Waals surface area contributed by atoms with Gasteiger partial charge in [-0.25, -0.2) is 12.7 Å². The Kier molecular flexibility index (Phi) is 5.54. The summed E-state index contributed by atoms with van der Waals surface area (Å²) in [7, 11) is -2.02. The number of halogens is 2. The lowest BCUT2D eigenvalue weighted by molar-refractivity contribution is 0.468. The first-order valence-corrected chi connectivity index (χ1v) is 9.23. The Bertz CT molecular complexity index is 616. The van der Waals surface area contributed by atoms with Crippen molar-refractivity contribution in [2.45, 2.75) is 43.7 Å². The average Bonchev–Trinajstić information content (AvgIpc) is 3.21. The fourth-order valence-corrected chi connectivity index (χ4v) is 4.15. The standard InChI is InChI=1S/C14H20Cl2N2O2S/c1-3-6-18(2)21(19,20)14-7-10(9-17-11-4-5-11)12(15)8-13(14)16/h7-8,11,17H,3-6,9H2,1-2H3. The first kappa shape index (κ1) is 17.0. The van der Waals surface area contributed by atoms with Gasteiger partial charge in [-0.1, -0.05) is 30.1 Å². The normalized spacial score (nSPS) is 15.7. The molecule has 0 heterocycles. The second kappa shape index (κ2) is 6.84. The van der Waals surface area contributed by atoms with E-state index in [-0.39, 0.29) is 9.92 Å². The van der Waals surface area contributed by atoms with E-state index in [9.17, 15) is 8.42 Å². The first-order chi connectivity index (χ1) is 9.86. The highest BCUT2D eigenvalue weighted by Crippen LogP contribution is 2.31. The summed E-state index contributed by atoms with van der Waals surface area (Å²) in [5.74, 6) is 0. The third kappa shape index (κ3) is 4.11. The van der Waals surface area contributed by atoms with Gasteiger partial charge in [-0.15, -0.1) is 0 Å². The summed E-state index contributed by atoms with van der Waals surface area (Å²) < 4.78 is 26.4. The smallest absolute Gasteiger partial charge is 0.244 e. The van der Waals surface area contributed by atoms with Crippen LogP contribution in [0.2, 0.25) is 10.0 Å². The van der Waals surface area contributed by atoms with Gasteiger partial charge in [-0.3, -0.25) is 0 Å². The molecule has 1 aromatic carbocycles. The highest BCUT2D eigenvalue weighted by Gasteiger charge is 2.25. The Balaban J connectivity index is 2.31. The van der Waals surface area contributed by atoms with E-state index in [0.717, 1.165) is 24.8 Å². The van der Waals surface area contributed by atoms with Crippen LogP contribution < -0.4 is 5.32 Å². The van der Waals surface area contributed by atoms with Crippen LogP contribution in [-0.2, 0) is 16.6 Å². The predicted octanol–water partition coefficient (Wildman–Crippen LogP) is 3.28. The monoisotopic (exact) mass is 350 g/mol. The summed E-state index contributed by atoms with van der Waals surface area (Å²) in [6.45, 7) is 2.94. The van der Waals surface area contributed by atoms with Gasteiger partial charge in [0, 0.05) is 31.2 Å². The molecular formula is C14H20Cl2N2O2S. The summed E-state index contributed by atoms with van der Waals surface area (Å²) in [6, 6.07) is 3.63. The summed E-state index contributed by atoms with van der Waals surface area (Å²) in [5, 5.41) is 3.99. The molecule has 1 aliphatic carbocycles. The number of benzene rings is 1. The fraction of sp³-hybridized carbons (Fsp3) is 0.571. The van der Waals surface area contributed by atoms with Crippen molar-refractivity contribution in [2.75, 3.05) is 13.6 Å². The predicted molar refractivity (Wildman–Crippen MR) is 86.4 cm³/mol. The molecule has 0 unspecified atom stereocenters. The van der Waals surface area contributed by atoms with Crippen molar-refractivity contribution < 1.29 is 8.42 Å². The van der Waals surface area contributed by atoms with Gasteiger partial charge in [0.15, 0.2) is 0 Å². The number of hydrogen-bond acceptors (Lipinski definition) is 3. The Hall–Kier alpha value is -0.330. The van der Waals surface area contributed by atoms with Gasteiger partial charge in [-0.05, 0) is 37.0 Å². The number of rotatable bonds is 7. The number of hydrogen-bond donors (Lipinski definition) is 1. The molecule has 0 spiro atoms. The lowest BCUT2D eigenvalue weighted by Crippen LogP contribution is -2.28. The second-order valence-electron chi connectivity index (χ2n) is 5.36. The van der Waals surface area contributed by atoms with Crippen molar-refractivity contribution in [3.05, 3.63) is 27.7 Å². The lowest BCUT2D eigenvalue weighted by atomic mass is 10.2. The van der Waals surface area contributed by atoms with Crippen LogP contribution in [0.15, 0.2) is 17.0 Å². The highest BCUT2D eigenvalue weighted by molar-refractivity contribution is 7.89. The van der Waals surface area contributed by atoms with E-state index in [1.165, 1.54) is 10.4 Å². The van der Waals surface area contributed by atoms with Crippen LogP contribution >= 0.6 is 23.2 Å². The molecule has 1 N–H and O–H groups in total. The molecule has 0 bridgehead atoms. The fourth-order valence-electron chi connectivity index (χ4n) is 2.05. The van der Waals surface area contributed by atoms with Crippen molar-refractivity contribution in [1.82, 2.24) is 9.62 Å². The molecule has 0 aliphatic heterocycles. The van der Waals surface area contributed by atoms with E-state index in [2.05, 4.69) is 5.32 Å². The molecular weight excluding hydrogens is 331 g/mol. The lowest BCUT2D eigenvalue weighted by Gasteiger charge is -2.18. The maximum absolute atomic E-state index is 12.5. The Morgan fingerprint density at radius 2 is 1.95 bits per heavy atom.